The molecule has 3 heterocycles. The first-order chi connectivity index (χ1) is 22.6. The van der Waals surface area contributed by atoms with Gasteiger partial charge in [-0.3, -0.25) is 19.2 Å². The van der Waals surface area contributed by atoms with E-state index in [0.717, 1.165) is 42.5 Å². The number of phenolic OH excluding ortho intramolecular Hbond substituents is 1. The van der Waals surface area contributed by atoms with Crippen LogP contribution in [0, 0.1) is 6.92 Å². The van der Waals surface area contributed by atoms with E-state index in [4.69, 9.17) is 20.8 Å². The number of halogens is 1. The van der Waals surface area contributed by atoms with Gasteiger partial charge in [0.05, 0.1) is 19.0 Å². The van der Waals surface area contributed by atoms with Gasteiger partial charge in [-0.1, -0.05) is 53.6 Å². The Morgan fingerprint density at radius 1 is 1.02 bits per heavy atom. The number of nitrogens with one attached hydrogen (secondary N) is 1. The Bertz CT molecular complexity index is 1790. The fraction of sp³-hybridized carbons (Fsp3) is 0.333. The highest BCUT2D eigenvalue weighted by molar-refractivity contribution is 6.30. The zero-order chi connectivity index (χ0) is 33.5. The van der Waals surface area contributed by atoms with Gasteiger partial charge in [-0.05, 0) is 61.4 Å². The highest BCUT2D eigenvalue weighted by Crippen LogP contribution is 2.32. The van der Waals surface area contributed by atoms with Gasteiger partial charge in [0.2, 0.25) is 11.8 Å². The monoisotopic (exact) mass is 659 g/mol. The molecule has 246 valence electrons. The Labute approximate surface area is 277 Å². The quantitative estimate of drug-likeness (QED) is 0.271. The predicted molar refractivity (Wildman–Crippen MR) is 179 cm³/mol. The van der Waals surface area contributed by atoms with Crippen LogP contribution in [0.1, 0.15) is 58.8 Å². The molecule has 2 aliphatic rings. The van der Waals surface area contributed by atoms with Crippen LogP contribution in [0.15, 0.2) is 75.9 Å². The fourth-order valence-corrected chi connectivity index (χ4v) is 6.05. The van der Waals surface area contributed by atoms with Crippen LogP contribution in [0.4, 0.5) is 0 Å². The number of piperidine rings is 1. The van der Waals surface area contributed by atoms with E-state index in [9.17, 15) is 24.3 Å². The van der Waals surface area contributed by atoms with Crippen molar-refractivity contribution in [3.8, 4) is 11.5 Å². The molecule has 0 bridgehead atoms. The van der Waals surface area contributed by atoms with Crippen LogP contribution in [0.5, 0.6) is 11.5 Å². The van der Waals surface area contributed by atoms with Crippen molar-refractivity contribution < 1.29 is 28.6 Å². The summed E-state index contributed by atoms with van der Waals surface area (Å²) in [5.74, 6) is -0.750. The SMILES string of the molecule is COc1cc2oc(C(=O)NCC(=O)N3CCC(c4ccccc4CN4CCCC4=O)CC3)cc(=O)c2cc1O.Cc1ccc(Cl)cc1. The lowest BCUT2D eigenvalue weighted by molar-refractivity contribution is -0.131. The van der Waals surface area contributed by atoms with Crippen molar-refractivity contribution in [3.63, 3.8) is 0 Å². The zero-order valence-electron chi connectivity index (χ0n) is 26.5. The van der Waals surface area contributed by atoms with Crippen LogP contribution < -0.4 is 15.5 Å². The first-order valence-electron chi connectivity index (χ1n) is 15.6. The van der Waals surface area contributed by atoms with Gasteiger partial charge in [-0.15, -0.1) is 0 Å². The van der Waals surface area contributed by atoms with Crippen molar-refractivity contribution in [1.82, 2.24) is 15.1 Å². The Balaban J connectivity index is 0.000000474. The normalized spacial score (nSPS) is 14.9. The molecule has 10 nitrogen and oxygen atoms in total. The number of hydrogen-bond acceptors (Lipinski definition) is 7. The Hall–Kier alpha value is -4.83. The molecule has 0 saturated carbocycles. The molecule has 0 radical (unpaired) electrons. The Morgan fingerprint density at radius 2 is 1.74 bits per heavy atom. The largest absolute Gasteiger partial charge is 0.504 e. The molecule has 0 spiro atoms. The molecule has 0 atom stereocenters. The Kier molecular flexibility index (Phi) is 10.8. The number of ether oxygens (including phenoxy) is 1. The smallest absolute Gasteiger partial charge is 0.287 e. The number of fused-ring (bicyclic) bond motifs is 1. The molecular formula is C36H38ClN3O7. The summed E-state index contributed by atoms with van der Waals surface area (Å²) in [4.78, 5) is 53.7. The van der Waals surface area contributed by atoms with Gasteiger partial charge in [-0.2, -0.15) is 0 Å². The third kappa shape index (κ3) is 8.31. The number of hydrogen-bond donors (Lipinski definition) is 2. The van der Waals surface area contributed by atoms with Crippen molar-refractivity contribution in [2.24, 2.45) is 0 Å². The molecule has 4 aromatic rings. The van der Waals surface area contributed by atoms with Crippen molar-refractivity contribution in [2.45, 2.75) is 45.1 Å². The van der Waals surface area contributed by atoms with E-state index in [-0.39, 0.29) is 46.6 Å². The van der Waals surface area contributed by atoms with Crippen molar-refractivity contribution >= 4 is 40.3 Å². The molecule has 0 aliphatic carbocycles. The summed E-state index contributed by atoms with van der Waals surface area (Å²) >= 11 is 5.61. The number of carbonyl (C=O) groups excluding carboxylic acids is 3. The molecule has 2 saturated heterocycles. The van der Waals surface area contributed by atoms with Gasteiger partial charge in [0.1, 0.15) is 5.58 Å². The summed E-state index contributed by atoms with van der Waals surface area (Å²) < 4.78 is 10.6. The molecule has 2 aliphatic heterocycles. The van der Waals surface area contributed by atoms with Crippen molar-refractivity contribution in [3.05, 3.63) is 104 Å². The molecule has 6 rings (SSSR count). The summed E-state index contributed by atoms with van der Waals surface area (Å²) in [6.07, 6.45) is 3.10. The number of likely N-dealkylation sites (tertiary alicyclic amines) is 2. The second-order valence-corrected chi connectivity index (χ2v) is 12.2. The van der Waals surface area contributed by atoms with E-state index in [1.54, 1.807) is 4.90 Å². The Morgan fingerprint density at radius 3 is 2.40 bits per heavy atom. The minimum atomic E-state index is -0.685. The van der Waals surface area contributed by atoms with E-state index in [1.807, 2.05) is 48.2 Å². The molecular weight excluding hydrogens is 622 g/mol. The number of benzene rings is 3. The van der Waals surface area contributed by atoms with Gasteiger partial charge in [-0.25, -0.2) is 0 Å². The van der Waals surface area contributed by atoms with Crippen molar-refractivity contribution in [2.75, 3.05) is 33.3 Å². The van der Waals surface area contributed by atoms with Gasteiger partial charge in [0.25, 0.3) is 5.91 Å². The van der Waals surface area contributed by atoms with E-state index < -0.39 is 11.3 Å². The van der Waals surface area contributed by atoms with Crippen LogP contribution in [-0.4, -0.2) is 65.9 Å². The van der Waals surface area contributed by atoms with Crippen LogP contribution in [0.2, 0.25) is 5.02 Å². The van der Waals surface area contributed by atoms with Gasteiger partial charge < -0.3 is 29.4 Å². The second kappa shape index (κ2) is 15.2. The lowest BCUT2D eigenvalue weighted by atomic mass is 9.86. The highest BCUT2D eigenvalue weighted by Gasteiger charge is 2.27. The minimum absolute atomic E-state index is 0.0880. The van der Waals surface area contributed by atoms with Crippen LogP contribution in [0.3, 0.4) is 0 Å². The first kappa shape index (κ1) is 33.5. The van der Waals surface area contributed by atoms with Gasteiger partial charge >= 0.3 is 0 Å². The molecule has 2 fully saturated rings. The van der Waals surface area contributed by atoms with E-state index in [0.29, 0.717) is 32.0 Å². The summed E-state index contributed by atoms with van der Waals surface area (Å²) in [5, 5.41) is 13.4. The average Bonchev–Trinajstić information content (AvgIpc) is 3.49. The number of rotatable bonds is 7. The minimum Gasteiger partial charge on any atom is -0.504 e. The number of methoxy groups -OCH3 is 1. The molecule has 2 N–H and O–H groups in total. The maximum absolute atomic E-state index is 12.8. The maximum Gasteiger partial charge on any atom is 0.287 e. The summed E-state index contributed by atoms with van der Waals surface area (Å²) in [5.41, 5.74) is 3.23. The van der Waals surface area contributed by atoms with Gasteiger partial charge in [0, 0.05) is 49.8 Å². The molecule has 3 aromatic carbocycles. The molecule has 11 heteroatoms. The number of carbonyl (C=O) groups is 3. The van der Waals surface area contributed by atoms with Crippen LogP contribution in [0.25, 0.3) is 11.0 Å². The average molecular weight is 660 g/mol. The number of nitrogens with zero attached hydrogens (tertiary/aromatic N) is 2. The first-order valence-corrected chi connectivity index (χ1v) is 16.0. The van der Waals surface area contributed by atoms with Crippen molar-refractivity contribution in [1.29, 1.82) is 0 Å². The maximum atomic E-state index is 12.8. The number of amides is 3. The topological polar surface area (TPSA) is 129 Å². The second-order valence-electron chi connectivity index (χ2n) is 11.7. The number of aromatic hydroxyl groups is 1. The molecule has 3 amide bonds. The highest BCUT2D eigenvalue weighted by atomic mass is 35.5. The van der Waals surface area contributed by atoms with Crippen LogP contribution >= 0.6 is 11.6 Å². The molecule has 0 unspecified atom stereocenters. The van der Waals surface area contributed by atoms with E-state index >= 15 is 0 Å². The van der Waals surface area contributed by atoms with E-state index in [2.05, 4.69) is 17.4 Å². The summed E-state index contributed by atoms with van der Waals surface area (Å²) in [7, 11) is 1.36. The summed E-state index contributed by atoms with van der Waals surface area (Å²) in [6.45, 7) is 4.36. The summed E-state index contributed by atoms with van der Waals surface area (Å²) in [6, 6.07) is 19.6. The third-order valence-electron chi connectivity index (χ3n) is 8.54. The van der Waals surface area contributed by atoms with Gasteiger partial charge in [0.15, 0.2) is 22.7 Å². The lowest BCUT2D eigenvalue weighted by Gasteiger charge is -2.33. The predicted octanol–water partition coefficient (Wildman–Crippen LogP) is 5.41. The number of phenols is 1. The fourth-order valence-electron chi connectivity index (χ4n) is 5.93. The third-order valence-corrected chi connectivity index (χ3v) is 8.79. The van der Waals surface area contributed by atoms with Crippen LogP contribution in [-0.2, 0) is 16.1 Å². The lowest BCUT2D eigenvalue weighted by Crippen LogP contribution is -2.44. The number of aryl methyl sites for hydroxylation is 1. The zero-order valence-corrected chi connectivity index (χ0v) is 27.2. The van der Waals surface area contributed by atoms with E-state index in [1.165, 1.54) is 30.4 Å². The molecule has 47 heavy (non-hydrogen) atoms. The molecule has 1 aromatic heterocycles. The standard InChI is InChI=1S/C29H31N3O7.C7H7Cl/c1-38-25-15-24-21(13-23(25)34)22(33)14-26(39-24)29(37)30-16-28(36)31-11-8-18(9-12-31)20-6-3-2-5-19(20)17-32-10-4-7-27(32)35;1-6-2-4-7(8)5-3-6/h2-3,5-6,13-15,18,34H,4,7-12,16-17H2,1H3,(H,30,37);2-5H,1H3.